The molecule has 0 atom stereocenters. The Bertz CT molecular complexity index is 894. The van der Waals surface area contributed by atoms with Crippen LogP contribution in [-0.2, 0) is 0 Å². The number of carbonyl (C=O) groups excluding carboxylic acids is 1. The van der Waals surface area contributed by atoms with Crippen LogP contribution in [0.15, 0.2) is 66.7 Å². The topological polar surface area (TPSA) is 43.1 Å². The van der Waals surface area contributed by atoms with Gasteiger partial charge in [-0.25, -0.2) is 0 Å². The molecule has 0 unspecified atom stereocenters. The summed E-state index contributed by atoms with van der Waals surface area (Å²) in [5, 5.41) is 0.181. The average molecular weight is 391 g/mol. The fourth-order valence-electron chi connectivity index (χ4n) is 2.84. The second-order valence-electron chi connectivity index (χ2n) is 5.55. The Morgan fingerprint density at radius 3 is 1.84 bits per heavy atom. The van der Waals surface area contributed by atoms with Crippen molar-refractivity contribution in [3.05, 3.63) is 93.5 Å². The number of fused-ring (bicyclic) bond motifs is 3. The summed E-state index contributed by atoms with van der Waals surface area (Å²) in [6.07, 6.45) is 0. The van der Waals surface area contributed by atoms with Crippen LogP contribution >= 0.6 is 34.8 Å². The maximum atomic E-state index is 10.6. The van der Waals surface area contributed by atoms with Crippen LogP contribution in [0.2, 0.25) is 10.0 Å². The molecule has 0 heterocycles. The van der Waals surface area contributed by atoms with Gasteiger partial charge < -0.3 is 5.73 Å². The van der Waals surface area contributed by atoms with Gasteiger partial charge in [0.15, 0.2) is 0 Å². The van der Waals surface area contributed by atoms with E-state index in [1.54, 1.807) is 6.07 Å². The molecule has 0 bridgehead atoms. The Morgan fingerprint density at radius 2 is 1.36 bits per heavy atom. The van der Waals surface area contributed by atoms with Crippen molar-refractivity contribution in [1.29, 1.82) is 0 Å². The number of rotatable bonds is 1. The molecule has 0 radical (unpaired) electrons. The van der Waals surface area contributed by atoms with E-state index in [1.807, 2.05) is 12.1 Å². The van der Waals surface area contributed by atoms with Gasteiger partial charge in [-0.05, 0) is 52.1 Å². The molecule has 0 spiro atoms. The lowest BCUT2D eigenvalue weighted by atomic mass is 10.1. The molecule has 0 amide bonds. The molecule has 2 nitrogen and oxygen atoms in total. The predicted octanol–water partition coefficient (Wildman–Crippen LogP) is 6.09. The Kier molecular flexibility index (Phi) is 5.45. The number of hydrogen-bond acceptors (Lipinski definition) is 2. The predicted molar refractivity (Wildman–Crippen MR) is 105 cm³/mol. The van der Waals surface area contributed by atoms with Crippen LogP contribution in [0.1, 0.15) is 27.5 Å². The molecule has 0 fully saturated rings. The van der Waals surface area contributed by atoms with Crippen molar-refractivity contribution in [2.45, 2.75) is 6.04 Å². The zero-order valence-electron chi connectivity index (χ0n) is 13.0. The third kappa shape index (κ3) is 3.73. The van der Waals surface area contributed by atoms with Gasteiger partial charge in [-0.1, -0.05) is 71.7 Å². The van der Waals surface area contributed by atoms with E-state index in [4.69, 9.17) is 40.5 Å². The van der Waals surface area contributed by atoms with E-state index in [2.05, 4.69) is 36.4 Å². The van der Waals surface area contributed by atoms with Gasteiger partial charge in [0.05, 0.1) is 16.6 Å². The minimum Gasteiger partial charge on any atom is -0.320 e. The number of nitrogens with two attached hydrogens (primary N) is 1. The summed E-state index contributed by atoms with van der Waals surface area (Å²) in [4.78, 5) is 10.6. The summed E-state index contributed by atoms with van der Waals surface area (Å²) >= 11 is 16.4. The highest BCUT2D eigenvalue weighted by Gasteiger charge is 2.24. The minimum absolute atomic E-state index is 0.0578. The first-order valence-electron chi connectivity index (χ1n) is 7.57. The van der Waals surface area contributed by atoms with Crippen LogP contribution in [0.4, 0.5) is 0 Å². The Morgan fingerprint density at radius 1 is 0.840 bits per heavy atom. The van der Waals surface area contributed by atoms with Gasteiger partial charge in [0, 0.05) is 5.02 Å². The Hall–Kier alpha value is -1.84. The summed E-state index contributed by atoms with van der Waals surface area (Å²) < 4.78 is 0. The highest BCUT2D eigenvalue weighted by Crippen LogP contribution is 2.41. The lowest BCUT2D eigenvalue weighted by Gasteiger charge is -2.04. The first kappa shape index (κ1) is 18.0. The third-order valence-electron chi connectivity index (χ3n) is 4.02. The normalized spacial score (nSPS) is 12.0. The quantitative estimate of drug-likeness (QED) is 0.511. The zero-order valence-corrected chi connectivity index (χ0v) is 15.3. The first-order chi connectivity index (χ1) is 12.0. The van der Waals surface area contributed by atoms with E-state index >= 15 is 0 Å². The van der Waals surface area contributed by atoms with Crippen molar-refractivity contribution in [3.8, 4) is 11.1 Å². The molecule has 3 aromatic carbocycles. The van der Waals surface area contributed by atoms with Crippen molar-refractivity contribution in [2.24, 2.45) is 5.73 Å². The van der Waals surface area contributed by atoms with Crippen molar-refractivity contribution in [1.82, 2.24) is 0 Å². The summed E-state index contributed by atoms with van der Waals surface area (Å²) in [7, 11) is 0. The van der Waals surface area contributed by atoms with Gasteiger partial charge in [-0.15, -0.1) is 0 Å². The maximum absolute atomic E-state index is 10.6. The van der Waals surface area contributed by atoms with Crippen LogP contribution in [0, 0.1) is 0 Å². The largest absolute Gasteiger partial charge is 0.320 e. The lowest BCUT2D eigenvalue weighted by Crippen LogP contribution is -2.07. The van der Waals surface area contributed by atoms with E-state index in [9.17, 15) is 4.79 Å². The van der Waals surface area contributed by atoms with Crippen LogP contribution in [0.25, 0.3) is 11.1 Å². The van der Waals surface area contributed by atoms with Crippen LogP contribution in [-0.4, -0.2) is 5.24 Å². The van der Waals surface area contributed by atoms with Crippen LogP contribution < -0.4 is 5.73 Å². The number of hydrogen-bond donors (Lipinski definition) is 1. The highest BCUT2D eigenvalue weighted by atomic mass is 35.5. The fourth-order valence-corrected chi connectivity index (χ4v) is 3.55. The maximum Gasteiger partial charge on any atom is 0.253 e. The van der Waals surface area contributed by atoms with E-state index in [0.29, 0.717) is 5.02 Å². The molecule has 25 heavy (non-hydrogen) atoms. The van der Waals surface area contributed by atoms with E-state index in [1.165, 1.54) is 34.4 Å². The van der Waals surface area contributed by atoms with Crippen LogP contribution in [0.5, 0.6) is 0 Å². The number of carbonyl (C=O) groups is 1. The lowest BCUT2D eigenvalue weighted by molar-refractivity contribution is 0.108. The molecular weight excluding hydrogens is 377 g/mol. The minimum atomic E-state index is -0.577. The summed E-state index contributed by atoms with van der Waals surface area (Å²) in [5.41, 5.74) is 11.5. The van der Waals surface area contributed by atoms with Gasteiger partial charge >= 0.3 is 0 Å². The number of halogens is 3. The molecule has 0 aromatic heterocycles. The van der Waals surface area contributed by atoms with Crippen molar-refractivity contribution >= 4 is 40.0 Å². The highest BCUT2D eigenvalue weighted by molar-refractivity contribution is 6.68. The second-order valence-corrected chi connectivity index (χ2v) is 6.74. The zero-order chi connectivity index (χ0) is 18.0. The van der Waals surface area contributed by atoms with Gasteiger partial charge in [-0.3, -0.25) is 4.79 Å². The number of benzene rings is 3. The molecule has 0 saturated heterocycles. The molecule has 4 rings (SSSR count). The van der Waals surface area contributed by atoms with E-state index in [-0.39, 0.29) is 16.6 Å². The summed E-state index contributed by atoms with van der Waals surface area (Å²) in [5.74, 6) is 0. The van der Waals surface area contributed by atoms with E-state index in [0.717, 1.165) is 0 Å². The van der Waals surface area contributed by atoms with Crippen molar-refractivity contribution < 1.29 is 4.79 Å². The molecule has 126 valence electrons. The average Bonchev–Trinajstić information content (AvgIpc) is 2.89. The molecule has 1 aliphatic rings. The van der Waals surface area contributed by atoms with Crippen molar-refractivity contribution in [2.75, 3.05) is 0 Å². The SMILES string of the molecule is NC1c2ccccc2-c2ccccc21.O=C(Cl)c1ccc(Cl)cc1Cl. The van der Waals surface area contributed by atoms with Gasteiger partial charge in [-0.2, -0.15) is 0 Å². The second kappa shape index (κ2) is 7.59. The van der Waals surface area contributed by atoms with Gasteiger partial charge in [0.25, 0.3) is 5.24 Å². The van der Waals surface area contributed by atoms with E-state index < -0.39 is 5.24 Å². The first-order valence-corrected chi connectivity index (χ1v) is 8.71. The molecule has 0 saturated carbocycles. The summed E-state index contributed by atoms with van der Waals surface area (Å²) in [6, 6.07) is 21.3. The Labute approximate surface area is 161 Å². The Balaban J connectivity index is 0.000000151. The molecular formula is C20H14Cl3NO. The van der Waals surface area contributed by atoms with Gasteiger partial charge in [0.2, 0.25) is 0 Å². The molecule has 2 N–H and O–H groups in total. The molecule has 3 aromatic rings. The molecule has 1 aliphatic carbocycles. The molecule has 5 heteroatoms. The fraction of sp³-hybridized carbons (Fsp3) is 0.0500. The standard InChI is InChI=1S/C13H11N.C7H3Cl3O/c14-13-11-7-3-1-5-9(11)10-6-2-4-8-12(10)13;8-4-1-2-5(7(10)11)6(9)3-4/h1-8,13H,14H2;1-3H. The third-order valence-corrected chi connectivity index (χ3v) is 4.78. The monoisotopic (exact) mass is 389 g/mol. The van der Waals surface area contributed by atoms with Crippen molar-refractivity contribution in [3.63, 3.8) is 0 Å². The van der Waals surface area contributed by atoms with Crippen LogP contribution in [0.3, 0.4) is 0 Å². The van der Waals surface area contributed by atoms with Gasteiger partial charge in [0.1, 0.15) is 0 Å². The smallest absolute Gasteiger partial charge is 0.253 e. The molecule has 0 aliphatic heterocycles. The summed E-state index contributed by atoms with van der Waals surface area (Å²) in [6.45, 7) is 0.